The number of phenolic OH excluding ortho intramolecular Hbond substituents is 1. The normalized spacial score (nSPS) is 13.9. The van der Waals surface area contributed by atoms with E-state index in [2.05, 4.69) is 94.1 Å². The number of anilines is 3. The third kappa shape index (κ3) is 4.45. The average Bonchev–Trinajstić information content (AvgIpc) is 3.01. The predicted octanol–water partition coefficient (Wildman–Crippen LogP) is 10.1. The van der Waals surface area contributed by atoms with Gasteiger partial charge >= 0.3 is 0 Å². The van der Waals surface area contributed by atoms with Crippen molar-refractivity contribution in [2.24, 2.45) is 0 Å². The van der Waals surface area contributed by atoms with Gasteiger partial charge in [-0.3, -0.25) is 4.90 Å². The second-order valence-electron chi connectivity index (χ2n) is 13.0. The molecule has 1 aliphatic heterocycles. The molecule has 4 heteroatoms. The van der Waals surface area contributed by atoms with Gasteiger partial charge in [-0.05, 0) is 64.1 Å². The molecule has 0 fully saturated rings. The van der Waals surface area contributed by atoms with Crippen LogP contribution in [0.4, 0.5) is 17.2 Å². The third-order valence-electron chi connectivity index (χ3n) is 8.79. The van der Waals surface area contributed by atoms with E-state index < -0.39 is 0 Å². The van der Waals surface area contributed by atoms with E-state index in [9.17, 15) is 5.11 Å². The number of nitrogens with zero attached hydrogens (tertiary/aromatic N) is 3. The molecule has 0 amide bonds. The Bertz CT molecular complexity index is 2000. The predicted molar refractivity (Wildman–Crippen MR) is 178 cm³/mol. The van der Waals surface area contributed by atoms with Crippen molar-refractivity contribution in [1.29, 1.82) is 0 Å². The van der Waals surface area contributed by atoms with E-state index in [1.54, 1.807) is 0 Å². The first kappa shape index (κ1) is 26.9. The van der Waals surface area contributed by atoms with E-state index in [4.69, 9.17) is 9.97 Å². The van der Waals surface area contributed by atoms with Gasteiger partial charge in [-0.15, -0.1) is 0 Å². The molecule has 0 spiro atoms. The summed E-state index contributed by atoms with van der Waals surface area (Å²) < 4.78 is 0. The molecule has 1 N–H and O–H groups in total. The Labute approximate surface area is 253 Å². The number of aromatic hydroxyl groups is 1. The third-order valence-corrected chi connectivity index (χ3v) is 8.79. The van der Waals surface area contributed by atoms with Crippen molar-refractivity contribution in [2.45, 2.75) is 45.4 Å². The molecule has 7 rings (SSSR count). The number of benzene rings is 4. The second kappa shape index (κ2) is 9.81. The summed E-state index contributed by atoms with van der Waals surface area (Å²) >= 11 is 0. The van der Waals surface area contributed by atoms with Gasteiger partial charge in [0.25, 0.3) is 0 Å². The van der Waals surface area contributed by atoms with Gasteiger partial charge in [-0.25, -0.2) is 9.97 Å². The maximum atomic E-state index is 11.3. The van der Waals surface area contributed by atoms with Crippen LogP contribution in [-0.2, 0) is 10.8 Å². The van der Waals surface area contributed by atoms with Crippen LogP contribution >= 0.6 is 0 Å². The second-order valence-corrected chi connectivity index (χ2v) is 13.0. The average molecular weight is 562 g/mol. The molecule has 0 saturated carbocycles. The summed E-state index contributed by atoms with van der Waals surface area (Å²) in [7, 11) is 0. The van der Waals surface area contributed by atoms with E-state index in [0.29, 0.717) is 5.52 Å². The molecular weight excluding hydrogens is 526 g/mol. The molecular formula is C39H35N3O. The molecule has 6 aromatic rings. The van der Waals surface area contributed by atoms with Crippen molar-refractivity contribution in [3.63, 3.8) is 0 Å². The number of fused-ring (bicyclic) bond motifs is 3. The Hall–Kier alpha value is -4.96. The van der Waals surface area contributed by atoms with Crippen molar-refractivity contribution in [2.75, 3.05) is 4.90 Å². The molecule has 212 valence electrons. The SMILES string of the molecule is CC(C)(C)c1ccnc(N2c3ccccc3C(C)(C)c3ccc(-c4ccc5ccc(-c6ccccc6)c(O)c5n4)cc32)c1. The van der Waals surface area contributed by atoms with Gasteiger partial charge in [0.2, 0.25) is 0 Å². The topological polar surface area (TPSA) is 49.2 Å². The minimum Gasteiger partial charge on any atom is -0.505 e. The maximum Gasteiger partial charge on any atom is 0.149 e. The summed E-state index contributed by atoms with van der Waals surface area (Å²) in [6.07, 6.45) is 1.92. The van der Waals surface area contributed by atoms with Gasteiger partial charge in [-0.2, -0.15) is 0 Å². The van der Waals surface area contributed by atoms with E-state index in [-0.39, 0.29) is 16.6 Å². The molecule has 0 atom stereocenters. The largest absolute Gasteiger partial charge is 0.505 e. The van der Waals surface area contributed by atoms with Crippen LogP contribution in [0.15, 0.2) is 115 Å². The van der Waals surface area contributed by atoms with Crippen LogP contribution in [0.25, 0.3) is 33.3 Å². The maximum absolute atomic E-state index is 11.3. The Kier molecular flexibility index (Phi) is 6.14. The van der Waals surface area contributed by atoms with E-state index in [1.165, 1.54) is 16.7 Å². The highest BCUT2D eigenvalue weighted by atomic mass is 16.3. The van der Waals surface area contributed by atoms with Gasteiger partial charge in [-0.1, -0.05) is 107 Å². The lowest BCUT2D eigenvalue weighted by atomic mass is 9.73. The van der Waals surface area contributed by atoms with E-state index >= 15 is 0 Å². The highest BCUT2D eigenvalue weighted by Crippen LogP contribution is 2.52. The van der Waals surface area contributed by atoms with Crippen LogP contribution < -0.4 is 4.90 Å². The summed E-state index contributed by atoms with van der Waals surface area (Å²) in [4.78, 5) is 12.2. The number of phenols is 1. The highest BCUT2D eigenvalue weighted by molar-refractivity contribution is 5.94. The molecule has 0 unspecified atom stereocenters. The van der Waals surface area contributed by atoms with Crippen molar-refractivity contribution in [3.05, 3.63) is 132 Å². The molecule has 0 saturated heterocycles. The Balaban J connectivity index is 1.42. The minimum absolute atomic E-state index is 0.00738. The van der Waals surface area contributed by atoms with E-state index in [1.807, 2.05) is 60.8 Å². The number of pyridine rings is 2. The molecule has 2 aromatic heterocycles. The Morgan fingerprint density at radius 3 is 2.21 bits per heavy atom. The zero-order chi connectivity index (χ0) is 29.9. The Morgan fingerprint density at radius 2 is 1.42 bits per heavy atom. The fourth-order valence-corrected chi connectivity index (χ4v) is 6.32. The number of hydrogen-bond donors (Lipinski definition) is 1. The summed E-state index contributed by atoms with van der Waals surface area (Å²) in [5, 5.41) is 12.2. The summed E-state index contributed by atoms with van der Waals surface area (Å²) in [5.41, 5.74) is 9.86. The lowest BCUT2D eigenvalue weighted by Gasteiger charge is -2.42. The van der Waals surface area contributed by atoms with Crippen LogP contribution in [0.2, 0.25) is 0 Å². The van der Waals surface area contributed by atoms with Crippen LogP contribution in [0.1, 0.15) is 51.3 Å². The molecule has 0 radical (unpaired) electrons. The van der Waals surface area contributed by atoms with Crippen LogP contribution in [0, 0.1) is 0 Å². The molecule has 1 aliphatic rings. The summed E-state index contributed by atoms with van der Waals surface area (Å²) in [6, 6.07) is 37.6. The molecule has 4 nitrogen and oxygen atoms in total. The number of para-hydroxylation sites is 1. The van der Waals surface area contributed by atoms with Crippen molar-refractivity contribution >= 4 is 28.1 Å². The lowest BCUT2D eigenvalue weighted by molar-refractivity contribution is 0.482. The fourth-order valence-electron chi connectivity index (χ4n) is 6.32. The van der Waals surface area contributed by atoms with Gasteiger partial charge in [0, 0.05) is 28.1 Å². The van der Waals surface area contributed by atoms with Crippen LogP contribution in [0.3, 0.4) is 0 Å². The van der Waals surface area contributed by atoms with Gasteiger partial charge in [0.1, 0.15) is 17.1 Å². The van der Waals surface area contributed by atoms with E-state index in [0.717, 1.165) is 45.0 Å². The number of aromatic nitrogens is 2. The zero-order valence-electron chi connectivity index (χ0n) is 25.3. The smallest absolute Gasteiger partial charge is 0.149 e. The number of hydrogen-bond acceptors (Lipinski definition) is 4. The van der Waals surface area contributed by atoms with Crippen molar-refractivity contribution in [1.82, 2.24) is 9.97 Å². The first-order valence-corrected chi connectivity index (χ1v) is 14.8. The molecule has 3 heterocycles. The monoisotopic (exact) mass is 561 g/mol. The van der Waals surface area contributed by atoms with Crippen molar-refractivity contribution < 1.29 is 5.11 Å². The number of rotatable bonds is 3. The minimum atomic E-state index is -0.206. The van der Waals surface area contributed by atoms with Gasteiger partial charge in [0.15, 0.2) is 0 Å². The molecule has 0 bridgehead atoms. The zero-order valence-corrected chi connectivity index (χ0v) is 25.3. The quantitative estimate of drug-likeness (QED) is 0.234. The van der Waals surface area contributed by atoms with Crippen LogP contribution in [-0.4, -0.2) is 15.1 Å². The van der Waals surface area contributed by atoms with Gasteiger partial charge in [0.05, 0.1) is 17.1 Å². The fraction of sp³-hybridized carbons (Fsp3) is 0.179. The summed E-state index contributed by atoms with van der Waals surface area (Å²) in [6.45, 7) is 11.3. The first-order chi connectivity index (χ1) is 20.6. The summed E-state index contributed by atoms with van der Waals surface area (Å²) in [5.74, 6) is 1.09. The standard InChI is InChI=1S/C39H35N3O/c1-38(2,3)28-21-22-40-35(24-28)42-33-14-10-9-13-30(33)39(4,5)31-19-16-27(23-34(31)42)32-20-17-26-15-18-29(37(43)36(26)41-32)25-11-7-6-8-12-25/h6-24,43H,1-5H3. The van der Waals surface area contributed by atoms with Crippen molar-refractivity contribution in [3.8, 4) is 28.1 Å². The van der Waals surface area contributed by atoms with Gasteiger partial charge < -0.3 is 5.11 Å². The molecule has 43 heavy (non-hydrogen) atoms. The molecule has 4 aromatic carbocycles. The highest BCUT2D eigenvalue weighted by Gasteiger charge is 2.37. The molecule has 0 aliphatic carbocycles. The Morgan fingerprint density at radius 1 is 0.698 bits per heavy atom. The first-order valence-electron chi connectivity index (χ1n) is 14.8. The lowest BCUT2D eigenvalue weighted by Crippen LogP contribution is -2.31. The van der Waals surface area contributed by atoms with Crippen LogP contribution in [0.5, 0.6) is 5.75 Å².